The Morgan fingerprint density at radius 1 is 1.14 bits per heavy atom. The van der Waals surface area contributed by atoms with Crippen LogP contribution in [0.2, 0.25) is 5.02 Å². The van der Waals surface area contributed by atoms with Crippen LogP contribution in [0.15, 0.2) is 58.2 Å². The molecule has 36 heavy (non-hydrogen) atoms. The largest absolute Gasteiger partial charge is 0.503 e. The first-order valence-corrected chi connectivity index (χ1v) is 11.9. The molecule has 0 aliphatic carbocycles. The van der Waals surface area contributed by atoms with Crippen LogP contribution in [0.4, 0.5) is 0 Å². The number of aliphatic hydroxyl groups is 1. The van der Waals surface area contributed by atoms with Gasteiger partial charge in [0, 0.05) is 24.1 Å². The molecule has 0 saturated carbocycles. The number of ether oxygens (including phenoxy) is 3. The number of carbonyl (C=O) groups excluding carboxylic acids is 2. The molecule has 1 unspecified atom stereocenters. The molecule has 1 aliphatic heterocycles. The van der Waals surface area contributed by atoms with Gasteiger partial charge < -0.3 is 28.6 Å². The van der Waals surface area contributed by atoms with Crippen molar-refractivity contribution in [2.24, 2.45) is 5.92 Å². The van der Waals surface area contributed by atoms with E-state index in [4.69, 9.17) is 30.2 Å². The van der Waals surface area contributed by atoms with E-state index < -0.39 is 23.5 Å². The molecule has 2 aromatic carbocycles. The molecular formula is C27H28ClNO7. The van der Waals surface area contributed by atoms with Crippen LogP contribution < -0.4 is 9.47 Å². The second kappa shape index (κ2) is 10.6. The van der Waals surface area contributed by atoms with Gasteiger partial charge in [0.2, 0.25) is 5.78 Å². The molecular weight excluding hydrogens is 486 g/mol. The van der Waals surface area contributed by atoms with E-state index >= 15 is 0 Å². The number of rotatable bonds is 10. The summed E-state index contributed by atoms with van der Waals surface area (Å²) >= 11 is 6.07. The Hall–Kier alpha value is -3.49. The summed E-state index contributed by atoms with van der Waals surface area (Å²) in [6.07, 6.45) is 0. The number of hydrogen-bond donors (Lipinski definition) is 1. The van der Waals surface area contributed by atoms with Gasteiger partial charge >= 0.3 is 0 Å². The Labute approximate surface area is 214 Å². The maximum Gasteiger partial charge on any atom is 0.290 e. The van der Waals surface area contributed by atoms with E-state index in [-0.39, 0.29) is 30.4 Å². The third-order valence-electron chi connectivity index (χ3n) is 5.86. The van der Waals surface area contributed by atoms with Crippen LogP contribution in [0.3, 0.4) is 0 Å². The van der Waals surface area contributed by atoms with E-state index in [1.54, 1.807) is 42.5 Å². The molecule has 0 radical (unpaired) electrons. The van der Waals surface area contributed by atoms with Crippen LogP contribution in [0.25, 0.3) is 11.0 Å². The number of hydrogen-bond acceptors (Lipinski definition) is 7. The number of furan rings is 1. The fourth-order valence-electron chi connectivity index (χ4n) is 4.14. The summed E-state index contributed by atoms with van der Waals surface area (Å²) in [7, 11) is 3.05. The predicted molar refractivity (Wildman–Crippen MR) is 135 cm³/mol. The van der Waals surface area contributed by atoms with Gasteiger partial charge in [-0.1, -0.05) is 31.5 Å². The van der Waals surface area contributed by atoms with Crippen molar-refractivity contribution in [1.82, 2.24) is 4.90 Å². The molecule has 2 heterocycles. The predicted octanol–water partition coefficient (Wildman–Crippen LogP) is 5.35. The number of amides is 1. The van der Waals surface area contributed by atoms with Crippen LogP contribution in [0, 0.1) is 5.92 Å². The van der Waals surface area contributed by atoms with Gasteiger partial charge in [-0.3, -0.25) is 9.59 Å². The van der Waals surface area contributed by atoms with E-state index in [0.29, 0.717) is 39.7 Å². The van der Waals surface area contributed by atoms with Crippen LogP contribution >= 0.6 is 11.6 Å². The molecule has 190 valence electrons. The average Bonchev–Trinajstić information content (AvgIpc) is 3.39. The minimum atomic E-state index is -0.885. The zero-order valence-electron chi connectivity index (χ0n) is 20.5. The molecule has 0 bridgehead atoms. The third kappa shape index (κ3) is 4.92. The topological polar surface area (TPSA) is 98.4 Å². The molecule has 0 saturated heterocycles. The average molecular weight is 514 g/mol. The number of ketones is 1. The molecule has 3 aromatic rings. The molecule has 1 atom stereocenters. The first-order valence-electron chi connectivity index (χ1n) is 11.5. The molecule has 0 spiro atoms. The van der Waals surface area contributed by atoms with E-state index in [9.17, 15) is 14.7 Å². The van der Waals surface area contributed by atoms with Gasteiger partial charge in [0.1, 0.15) is 5.58 Å². The molecule has 1 N–H and O–H groups in total. The summed E-state index contributed by atoms with van der Waals surface area (Å²) in [5.74, 6) is -0.641. The summed E-state index contributed by atoms with van der Waals surface area (Å²) in [6.45, 7) is 4.87. The highest BCUT2D eigenvalue weighted by atomic mass is 35.5. The highest BCUT2D eigenvalue weighted by molar-refractivity contribution is 6.31. The maximum absolute atomic E-state index is 13.7. The standard InChI is InChI=1S/C27H28ClNO7/c1-15(2)14-35-21-12-16(5-7-20(21)34-4)24-23(26(31)27(32)29(24)9-10-33-3)25(30)22-13-17-11-18(28)6-8-19(17)36-22/h5-8,11-13,15,24,31H,9-10,14H2,1-4H3. The van der Waals surface area contributed by atoms with Crippen molar-refractivity contribution in [1.29, 1.82) is 0 Å². The summed E-state index contributed by atoms with van der Waals surface area (Å²) in [5, 5.41) is 12.0. The number of aliphatic hydroxyl groups excluding tert-OH is 1. The van der Waals surface area contributed by atoms with Gasteiger partial charge in [-0.25, -0.2) is 0 Å². The SMILES string of the molecule is COCCN1C(=O)C(O)=C(C(=O)c2cc3cc(Cl)ccc3o2)C1c1ccc(OC)c(OCC(C)C)c1. The Balaban J connectivity index is 1.79. The van der Waals surface area contributed by atoms with Gasteiger partial charge in [-0.2, -0.15) is 0 Å². The van der Waals surface area contributed by atoms with E-state index in [1.165, 1.54) is 19.1 Å². The second-order valence-corrected chi connectivity index (χ2v) is 9.33. The molecule has 1 aliphatic rings. The van der Waals surface area contributed by atoms with E-state index in [1.807, 2.05) is 13.8 Å². The number of benzene rings is 2. The number of nitrogens with zero attached hydrogens (tertiary/aromatic N) is 1. The lowest BCUT2D eigenvalue weighted by Crippen LogP contribution is -2.34. The van der Waals surface area contributed by atoms with E-state index in [2.05, 4.69) is 0 Å². The first-order chi connectivity index (χ1) is 17.2. The Morgan fingerprint density at radius 3 is 2.61 bits per heavy atom. The summed E-state index contributed by atoms with van der Waals surface area (Å²) in [6, 6.07) is 10.8. The Kier molecular flexibility index (Phi) is 7.56. The van der Waals surface area contributed by atoms with Gasteiger partial charge in [-0.05, 0) is 47.9 Å². The fourth-order valence-corrected chi connectivity index (χ4v) is 4.32. The van der Waals surface area contributed by atoms with Crippen molar-refractivity contribution in [2.75, 3.05) is 34.0 Å². The van der Waals surface area contributed by atoms with Crippen LogP contribution in [-0.2, 0) is 9.53 Å². The Morgan fingerprint density at radius 2 is 1.92 bits per heavy atom. The lowest BCUT2D eigenvalue weighted by Gasteiger charge is -2.27. The summed E-state index contributed by atoms with van der Waals surface area (Å²) < 4.78 is 22.3. The number of fused-ring (bicyclic) bond motifs is 1. The van der Waals surface area contributed by atoms with Gasteiger partial charge in [-0.15, -0.1) is 0 Å². The highest BCUT2D eigenvalue weighted by Crippen LogP contribution is 2.42. The zero-order valence-corrected chi connectivity index (χ0v) is 21.3. The molecule has 4 rings (SSSR count). The van der Waals surface area contributed by atoms with Crippen molar-refractivity contribution in [3.63, 3.8) is 0 Å². The maximum atomic E-state index is 13.7. The number of carbonyl (C=O) groups is 2. The molecule has 0 fully saturated rings. The molecule has 1 aromatic heterocycles. The monoisotopic (exact) mass is 513 g/mol. The summed E-state index contributed by atoms with van der Waals surface area (Å²) in [4.78, 5) is 28.2. The van der Waals surface area contributed by atoms with Crippen LogP contribution in [-0.4, -0.2) is 55.7 Å². The highest BCUT2D eigenvalue weighted by Gasteiger charge is 2.44. The third-order valence-corrected chi connectivity index (χ3v) is 6.10. The van der Waals surface area contributed by atoms with Crippen molar-refractivity contribution < 1.29 is 33.3 Å². The lowest BCUT2D eigenvalue weighted by molar-refractivity contribution is -0.130. The molecule has 8 nitrogen and oxygen atoms in total. The normalized spacial score (nSPS) is 15.9. The van der Waals surface area contributed by atoms with Gasteiger partial charge in [0.15, 0.2) is 23.0 Å². The van der Waals surface area contributed by atoms with E-state index in [0.717, 1.165) is 0 Å². The number of Topliss-reactive ketones (excluding diaryl/α,β-unsaturated/α-hetero) is 1. The minimum absolute atomic E-state index is 0.00926. The van der Waals surface area contributed by atoms with Gasteiger partial charge in [0.05, 0.1) is 31.9 Å². The molecule has 1 amide bonds. The van der Waals surface area contributed by atoms with Crippen molar-refractivity contribution in [2.45, 2.75) is 19.9 Å². The van der Waals surface area contributed by atoms with Crippen LogP contribution in [0.5, 0.6) is 11.5 Å². The van der Waals surface area contributed by atoms with Crippen molar-refractivity contribution in [3.05, 3.63) is 70.1 Å². The zero-order chi connectivity index (χ0) is 26.0. The van der Waals surface area contributed by atoms with Gasteiger partial charge in [0.25, 0.3) is 5.91 Å². The quantitative estimate of drug-likeness (QED) is 0.365. The lowest BCUT2D eigenvalue weighted by atomic mass is 9.94. The first kappa shape index (κ1) is 25.6. The second-order valence-electron chi connectivity index (χ2n) is 8.89. The summed E-state index contributed by atoms with van der Waals surface area (Å²) in [5.41, 5.74) is 0.959. The minimum Gasteiger partial charge on any atom is -0.503 e. The van der Waals surface area contributed by atoms with Crippen LogP contribution in [0.1, 0.15) is 36.0 Å². The fraction of sp³-hybridized carbons (Fsp3) is 0.333. The molecule has 9 heteroatoms. The van der Waals surface area contributed by atoms with Crippen molar-refractivity contribution >= 4 is 34.3 Å². The Bertz CT molecular complexity index is 1330. The number of methoxy groups -OCH3 is 2. The smallest absolute Gasteiger partial charge is 0.290 e. The van der Waals surface area contributed by atoms with Crippen molar-refractivity contribution in [3.8, 4) is 11.5 Å². The number of halogens is 1.